The Balaban J connectivity index is 2.31. The molecule has 0 N–H and O–H groups in total. The molecule has 0 amide bonds. The molecule has 24 heavy (non-hydrogen) atoms. The summed E-state index contributed by atoms with van der Waals surface area (Å²) in [6.45, 7) is 6.31. The van der Waals surface area contributed by atoms with Crippen LogP contribution in [0.15, 0.2) is 84.9 Å². The lowest BCUT2D eigenvalue weighted by Crippen LogP contribution is -2.31. The number of hydrogen-bond donors (Lipinski definition) is 0. The van der Waals surface area contributed by atoms with Crippen molar-refractivity contribution in [1.29, 1.82) is 0 Å². The van der Waals surface area contributed by atoms with Crippen LogP contribution in [0.1, 0.15) is 25.0 Å². The Morgan fingerprint density at radius 1 is 0.667 bits per heavy atom. The first kappa shape index (κ1) is 16.7. The maximum atomic E-state index is 14.6. The third-order valence-electron chi connectivity index (χ3n) is 4.83. The van der Waals surface area contributed by atoms with E-state index in [1.807, 2.05) is 72.8 Å². The number of benzene rings is 3. The monoisotopic (exact) mass is 334 g/mol. The Labute approximate surface area is 144 Å². The molecule has 3 aromatic rings. The normalized spacial score (nSPS) is 12.1. The summed E-state index contributed by atoms with van der Waals surface area (Å²) in [5.74, 6) is 0. The maximum absolute atomic E-state index is 14.6. The van der Waals surface area contributed by atoms with Gasteiger partial charge in [-0.2, -0.15) is 0 Å². The fraction of sp³-hybridized carbons (Fsp3) is 0.182. The largest absolute Gasteiger partial charge is 0.313 e. The number of rotatable bonds is 4. The van der Waals surface area contributed by atoms with Crippen LogP contribution in [0.3, 0.4) is 0 Å². The zero-order valence-electron chi connectivity index (χ0n) is 14.4. The fourth-order valence-corrected chi connectivity index (χ4v) is 6.86. The molecule has 0 saturated carbocycles. The van der Waals surface area contributed by atoms with Gasteiger partial charge in [0.05, 0.1) is 5.16 Å². The van der Waals surface area contributed by atoms with Crippen LogP contribution in [0.2, 0.25) is 0 Å². The van der Waals surface area contributed by atoms with E-state index in [1.54, 1.807) is 0 Å². The molecule has 0 aliphatic rings. The summed E-state index contributed by atoms with van der Waals surface area (Å²) in [7, 11) is -2.88. The van der Waals surface area contributed by atoms with Gasteiger partial charge < -0.3 is 4.57 Å². The van der Waals surface area contributed by atoms with Gasteiger partial charge in [-0.3, -0.25) is 0 Å². The van der Waals surface area contributed by atoms with Crippen LogP contribution in [-0.2, 0) is 9.72 Å². The van der Waals surface area contributed by atoms with Gasteiger partial charge in [-0.15, -0.1) is 0 Å². The predicted octanol–water partition coefficient (Wildman–Crippen LogP) is 5.24. The van der Waals surface area contributed by atoms with Crippen molar-refractivity contribution in [1.82, 2.24) is 0 Å². The lowest BCUT2D eigenvalue weighted by Gasteiger charge is -2.37. The summed E-state index contributed by atoms with van der Waals surface area (Å²) in [4.78, 5) is 0. The van der Waals surface area contributed by atoms with E-state index in [4.69, 9.17) is 0 Å². The molecule has 0 aliphatic carbocycles. The van der Waals surface area contributed by atoms with Crippen LogP contribution in [0.25, 0.3) is 0 Å². The summed E-state index contributed by atoms with van der Waals surface area (Å²) in [5, 5.41) is 1.31. The Bertz CT molecular complexity index is 823. The van der Waals surface area contributed by atoms with E-state index < -0.39 is 12.3 Å². The quantitative estimate of drug-likeness (QED) is 0.596. The molecule has 3 aromatic carbocycles. The third kappa shape index (κ3) is 2.64. The van der Waals surface area contributed by atoms with Crippen molar-refractivity contribution in [2.45, 2.75) is 25.9 Å². The summed E-state index contributed by atoms with van der Waals surface area (Å²) >= 11 is 0. The highest BCUT2D eigenvalue weighted by atomic mass is 31.2. The molecule has 0 aromatic heterocycles. The molecule has 0 radical (unpaired) electrons. The van der Waals surface area contributed by atoms with E-state index in [-0.39, 0.29) is 0 Å². The Kier molecular flexibility index (Phi) is 4.47. The zero-order chi connectivity index (χ0) is 17.2. The molecule has 1 nitrogen and oxygen atoms in total. The minimum atomic E-state index is -2.88. The molecular formula is C22H23OP. The Hall–Kier alpha value is -2.11. The molecular weight excluding hydrogens is 311 g/mol. The van der Waals surface area contributed by atoms with Crippen molar-refractivity contribution in [3.05, 3.63) is 96.1 Å². The number of aryl methyl sites for hydroxylation is 1. The van der Waals surface area contributed by atoms with Crippen LogP contribution in [-0.4, -0.2) is 0 Å². The van der Waals surface area contributed by atoms with Gasteiger partial charge in [0.2, 0.25) is 0 Å². The average molecular weight is 334 g/mol. The Morgan fingerprint density at radius 2 is 1.08 bits per heavy atom. The van der Waals surface area contributed by atoms with Crippen molar-refractivity contribution >= 4 is 17.8 Å². The highest BCUT2D eigenvalue weighted by Crippen LogP contribution is 2.61. The molecule has 122 valence electrons. The molecule has 2 heteroatoms. The zero-order valence-corrected chi connectivity index (χ0v) is 15.3. The first-order valence-electron chi connectivity index (χ1n) is 8.25. The fourth-order valence-electron chi connectivity index (χ4n) is 3.50. The second-order valence-electron chi connectivity index (χ2n) is 6.65. The summed E-state index contributed by atoms with van der Waals surface area (Å²) in [6, 6.07) is 28.1. The van der Waals surface area contributed by atoms with Crippen molar-refractivity contribution in [2.75, 3.05) is 0 Å². The van der Waals surface area contributed by atoms with Crippen molar-refractivity contribution in [2.24, 2.45) is 0 Å². The third-order valence-corrected chi connectivity index (χ3v) is 8.70. The standard InChI is InChI=1S/C22H23OP/c1-18-12-10-11-17-21(18)22(2,3)24(23,19-13-6-4-7-14-19)20-15-8-5-9-16-20/h4-17H,1-3H3. The average Bonchev–Trinajstić information content (AvgIpc) is 2.62. The Morgan fingerprint density at radius 3 is 1.54 bits per heavy atom. The highest BCUT2D eigenvalue weighted by molar-refractivity contribution is 7.79. The molecule has 3 rings (SSSR count). The molecule has 0 saturated heterocycles. The minimum Gasteiger partial charge on any atom is -0.313 e. The smallest absolute Gasteiger partial charge is 0.152 e. The van der Waals surface area contributed by atoms with Gasteiger partial charge in [0, 0.05) is 10.6 Å². The van der Waals surface area contributed by atoms with Crippen molar-refractivity contribution < 1.29 is 4.57 Å². The van der Waals surface area contributed by atoms with Gasteiger partial charge in [-0.1, -0.05) is 84.9 Å². The lowest BCUT2D eigenvalue weighted by molar-refractivity contribution is 0.559. The van der Waals surface area contributed by atoms with Crippen LogP contribution in [0, 0.1) is 6.92 Å². The van der Waals surface area contributed by atoms with Crippen molar-refractivity contribution in [3.63, 3.8) is 0 Å². The van der Waals surface area contributed by atoms with Gasteiger partial charge >= 0.3 is 0 Å². The van der Waals surface area contributed by atoms with Gasteiger partial charge in [-0.25, -0.2) is 0 Å². The maximum Gasteiger partial charge on any atom is 0.152 e. The van der Waals surface area contributed by atoms with Crippen LogP contribution >= 0.6 is 7.14 Å². The van der Waals surface area contributed by atoms with Gasteiger partial charge in [0.25, 0.3) is 0 Å². The molecule has 0 fully saturated rings. The van der Waals surface area contributed by atoms with E-state index >= 15 is 0 Å². The number of hydrogen-bond acceptors (Lipinski definition) is 1. The van der Waals surface area contributed by atoms with Crippen molar-refractivity contribution in [3.8, 4) is 0 Å². The second kappa shape index (κ2) is 6.42. The van der Waals surface area contributed by atoms with Gasteiger partial charge in [-0.05, 0) is 31.9 Å². The SMILES string of the molecule is Cc1ccccc1C(C)(C)P(=O)(c1ccccc1)c1ccccc1. The molecule has 0 spiro atoms. The van der Waals surface area contributed by atoms with E-state index in [9.17, 15) is 4.57 Å². The molecule has 0 unspecified atom stereocenters. The van der Waals surface area contributed by atoms with E-state index in [1.165, 1.54) is 5.56 Å². The lowest BCUT2D eigenvalue weighted by atomic mass is 9.97. The van der Waals surface area contributed by atoms with Crippen LogP contribution in [0.5, 0.6) is 0 Å². The van der Waals surface area contributed by atoms with Gasteiger partial charge in [0.15, 0.2) is 7.14 Å². The molecule has 0 atom stereocenters. The van der Waals surface area contributed by atoms with E-state index in [0.717, 1.165) is 16.2 Å². The summed E-state index contributed by atoms with van der Waals surface area (Å²) < 4.78 is 14.6. The molecule has 0 bridgehead atoms. The van der Waals surface area contributed by atoms with Crippen LogP contribution in [0.4, 0.5) is 0 Å². The first-order valence-corrected chi connectivity index (χ1v) is 9.96. The van der Waals surface area contributed by atoms with E-state index in [0.29, 0.717) is 0 Å². The molecule has 0 heterocycles. The summed E-state index contributed by atoms with van der Waals surface area (Å²) in [6.07, 6.45) is 0. The topological polar surface area (TPSA) is 17.1 Å². The van der Waals surface area contributed by atoms with Gasteiger partial charge in [0.1, 0.15) is 0 Å². The minimum absolute atomic E-state index is 0.499. The first-order chi connectivity index (χ1) is 11.5. The predicted molar refractivity (Wildman–Crippen MR) is 104 cm³/mol. The molecule has 0 aliphatic heterocycles. The second-order valence-corrected chi connectivity index (χ2v) is 10.0. The highest BCUT2D eigenvalue weighted by Gasteiger charge is 2.44. The van der Waals surface area contributed by atoms with Crippen LogP contribution < -0.4 is 10.6 Å². The van der Waals surface area contributed by atoms with E-state index in [2.05, 4.69) is 32.9 Å². The summed E-state index contributed by atoms with van der Waals surface area (Å²) in [5.41, 5.74) is 2.32.